The number of anilines is 1. The molecule has 1 atom stereocenters. The minimum Gasteiger partial charge on any atom is -0.467 e. The standard InChI is InChI=1S/C19H20N2O5/c1-13(16-4-3-11-25-16)20-17(22)12-26-19(24)14-6-8-15(9-7-14)21-10-2-5-18(21)23/h3-4,6-9,11,13H,2,5,10,12H2,1H3,(H,20,22)/t13-/m1/s1. The molecule has 1 N–H and O–H groups in total. The third-order valence-electron chi connectivity index (χ3n) is 4.17. The highest BCUT2D eigenvalue weighted by Gasteiger charge is 2.22. The first kappa shape index (κ1) is 17.7. The molecule has 3 rings (SSSR count). The third-order valence-corrected chi connectivity index (χ3v) is 4.17. The molecule has 0 saturated carbocycles. The van der Waals surface area contributed by atoms with E-state index in [2.05, 4.69) is 5.32 Å². The summed E-state index contributed by atoms with van der Waals surface area (Å²) in [7, 11) is 0. The summed E-state index contributed by atoms with van der Waals surface area (Å²) in [5.41, 5.74) is 1.08. The van der Waals surface area contributed by atoms with E-state index in [0.29, 0.717) is 24.3 Å². The molecule has 1 aromatic carbocycles. The minimum absolute atomic E-state index is 0.0858. The Balaban J connectivity index is 1.50. The van der Waals surface area contributed by atoms with Crippen LogP contribution in [0.5, 0.6) is 0 Å². The molecule has 1 fully saturated rings. The van der Waals surface area contributed by atoms with Crippen LogP contribution in [0.1, 0.15) is 41.9 Å². The summed E-state index contributed by atoms with van der Waals surface area (Å²) < 4.78 is 10.2. The van der Waals surface area contributed by atoms with E-state index in [1.165, 1.54) is 6.26 Å². The van der Waals surface area contributed by atoms with E-state index in [0.717, 1.165) is 12.1 Å². The van der Waals surface area contributed by atoms with E-state index in [4.69, 9.17) is 9.15 Å². The number of hydrogen-bond acceptors (Lipinski definition) is 5. The molecule has 1 aliphatic heterocycles. The second kappa shape index (κ2) is 7.86. The molecule has 2 heterocycles. The SMILES string of the molecule is C[C@@H](NC(=O)COC(=O)c1ccc(N2CCCC2=O)cc1)c1ccco1. The van der Waals surface area contributed by atoms with Gasteiger partial charge in [0.25, 0.3) is 5.91 Å². The van der Waals surface area contributed by atoms with Crippen molar-refractivity contribution in [3.05, 3.63) is 54.0 Å². The highest BCUT2D eigenvalue weighted by Crippen LogP contribution is 2.21. The first-order valence-corrected chi connectivity index (χ1v) is 8.45. The second-order valence-electron chi connectivity index (χ2n) is 6.08. The van der Waals surface area contributed by atoms with Gasteiger partial charge in [-0.3, -0.25) is 9.59 Å². The highest BCUT2D eigenvalue weighted by molar-refractivity contribution is 5.96. The van der Waals surface area contributed by atoms with E-state index >= 15 is 0 Å². The van der Waals surface area contributed by atoms with Gasteiger partial charge in [-0.2, -0.15) is 0 Å². The van der Waals surface area contributed by atoms with Crippen molar-refractivity contribution in [1.82, 2.24) is 5.32 Å². The average molecular weight is 356 g/mol. The molecule has 7 heteroatoms. The van der Waals surface area contributed by atoms with E-state index in [1.807, 2.05) is 0 Å². The number of furan rings is 1. The van der Waals surface area contributed by atoms with E-state index in [-0.39, 0.29) is 18.6 Å². The van der Waals surface area contributed by atoms with Gasteiger partial charge in [0.1, 0.15) is 5.76 Å². The zero-order chi connectivity index (χ0) is 18.5. The lowest BCUT2D eigenvalue weighted by atomic mass is 10.2. The summed E-state index contributed by atoms with van der Waals surface area (Å²) in [4.78, 5) is 37.4. The normalized spacial score (nSPS) is 15.0. The van der Waals surface area contributed by atoms with Gasteiger partial charge in [-0.25, -0.2) is 4.79 Å². The molecule has 2 aromatic rings. The van der Waals surface area contributed by atoms with Gasteiger partial charge >= 0.3 is 5.97 Å². The first-order valence-electron chi connectivity index (χ1n) is 8.45. The molecule has 7 nitrogen and oxygen atoms in total. The second-order valence-corrected chi connectivity index (χ2v) is 6.08. The van der Waals surface area contributed by atoms with Gasteiger partial charge in [0.15, 0.2) is 6.61 Å². The summed E-state index contributed by atoms with van der Waals surface area (Å²) >= 11 is 0. The molecular formula is C19H20N2O5. The Bertz CT molecular complexity index is 783. The van der Waals surface area contributed by atoms with Crippen LogP contribution in [0.2, 0.25) is 0 Å². The number of carbonyl (C=O) groups is 3. The molecule has 0 unspecified atom stereocenters. The molecule has 26 heavy (non-hydrogen) atoms. The predicted molar refractivity (Wildman–Crippen MR) is 93.6 cm³/mol. The number of nitrogens with one attached hydrogen (secondary N) is 1. The Morgan fingerprint density at radius 2 is 2.04 bits per heavy atom. The predicted octanol–water partition coefficient (Wildman–Crippen LogP) is 2.44. The maximum absolute atomic E-state index is 12.1. The van der Waals surface area contributed by atoms with E-state index < -0.39 is 11.9 Å². The fourth-order valence-electron chi connectivity index (χ4n) is 2.80. The van der Waals surface area contributed by atoms with Crippen molar-refractivity contribution in [2.45, 2.75) is 25.8 Å². The number of esters is 1. The van der Waals surface area contributed by atoms with Crippen molar-refractivity contribution in [3.8, 4) is 0 Å². The lowest BCUT2D eigenvalue weighted by Crippen LogP contribution is -2.31. The Kier molecular flexibility index (Phi) is 5.36. The summed E-state index contributed by atoms with van der Waals surface area (Å²) in [5.74, 6) is -0.300. The van der Waals surface area contributed by atoms with Crippen molar-refractivity contribution >= 4 is 23.5 Å². The first-order chi connectivity index (χ1) is 12.5. The molecular weight excluding hydrogens is 336 g/mol. The summed E-state index contributed by atoms with van der Waals surface area (Å²) in [6.07, 6.45) is 2.92. The maximum atomic E-state index is 12.1. The van der Waals surface area contributed by atoms with Gasteiger partial charge in [-0.15, -0.1) is 0 Å². The largest absolute Gasteiger partial charge is 0.467 e. The zero-order valence-electron chi connectivity index (χ0n) is 14.4. The van der Waals surface area contributed by atoms with Gasteiger partial charge < -0.3 is 19.4 Å². The molecule has 1 aromatic heterocycles. The molecule has 0 bridgehead atoms. The van der Waals surface area contributed by atoms with E-state index in [9.17, 15) is 14.4 Å². The molecule has 136 valence electrons. The van der Waals surface area contributed by atoms with Crippen LogP contribution in [0, 0.1) is 0 Å². The zero-order valence-corrected chi connectivity index (χ0v) is 14.4. The fraction of sp³-hybridized carbons (Fsp3) is 0.316. The maximum Gasteiger partial charge on any atom is 0.338 e. The van der Waals surface area contributed by atoms with Crippen molar-refractivity contribution in [2.24, 2.45) is 0 Å². The van der Waals surface area contributed by atoms with Gasteiger partial charge in [-0.05, 0) is 49.7 Å². The topological polar surface area (TPSA) is 88.9 Å². The van der Waals surface area contributed by atoms with Crippen molar-refractivity contribution in [1.29, 1.82) is 0 Å². The summed E-state index contributed by atoms with van der Waals surface area (Å²) in [6, 6.07) is 9.77. The van der Waals surface area contributed by atoms with Crippen LogP contribution in [0.3, 0.4) is 0 Å². The number of rotatable bonds is 6. The number of benzene rings is 1. The van der Waals surface area contributed by atoms with Gasteiger partial charge in [0.2, 0.25) is 5.91 Å². The van der Waals surface area contributed by atoms with Crippen LogP contribution >= 0.6 is 0 Å². The van der Waals surface area contributed by atoms with Crippen molar-refractivity contribution < 1.29 is 23.5 Å². The van der Waals surface area contributed by atoms with Gasteiger partial charge in [-0.1, -0.05) is 0 Å². The van der Waals surface area contributed by atoms with Crippen LogP contribution in [-0.2, 0) is 14.3 Å². The van der Waals surface area contributed by atoms with Crippen LogP contribution in [0.15, 0.2) is 47.1 Å². The van der Waals surface area contributed by atoms with Gasteiger partial charge in [0.05, 0.1) is 17.9 Å². The molecule has 0 radical (unpaired) electrons. The van der Waals surface area contributed by atoms with Crippen LogP contribution in [0.25, 0.3) is 0 Å². The Morgan fingerprint density at radius 1 is 1.27 bits per heavy atom. The van der Waals surface area contributed by atoms with Crippen molar-refractivity contribution in [2.75, 3.05) is 18.1 Å². The minimum atomic E-state index is -0.592. The van der Waals surface area contributed by atoms with Crippen LogP contribution < -0.4 is 10.2 Å². The van der Waals surface area contributed by atoms with E-state index in [1.54, 1.807) is 48.2 Å². The summed E-state index contributed by atoms with van der Waals surface area (Å²) in [6.45, 7) is 2.09. The fourth-order valence-corrected chi connectivity index (χ4v) is 2.80. The molecule has 1 saturated heterocycles. The Morgan fingerprint density at radius 3 is 2.65 bits per heavy atom. The van der Waals surface area contributed by atoms with Crippen LogP contribution in [-0.4, -0.2) is 30.9 Å². The summed E-state index contributed by atoms with van der Waals surface area (Å²) in [5, 5.41) is 2.69. The highest BCUT2D eigenvalue weighted by atomic mass is 16.5. The quantitative estimate of drug-likeness (QED) is 0.803. The van der Waals surface area contributed by atoms with Crippen molar-refractivity contribution in [3.63, 3.8) is 0 Å². The molecule has 2 amide bonds. The number of carbonyl (C=O) groups excluding carboxylic acids is 3. The lowest BCUT2D eigenvalue weighted by molar-refractivity contribution is -0.125. The number of hydrogen-bond donors (Lipinski definition) is 1. The monoisotopic (exact) mass is 356 g/mol. The lowest BCUT2D eigenvalue weighted by Gasteiger charge is -2.15. The number of amides is 2. The molecule has 0 spiro atoms. The molecule has 1 aliphatic rings. The number of nitrogens with zero attached hydrogens (tertiary/aromatic N) is 1. The smallest absolute Gasteiger partial charge is 0.338 e. The third kappa shape index (κ3) is 4.11. The Hall–Kier alpha value is -3.09. The van der Waals surface area contributed by atoms with Crippen LogP contribution in [0.4, 0.5) is 5.69 Å². The average Bonchev–Trinajstić information content (AvgIpc) is 3.31. The number of ether oxygens (including phenoxy) is 1. The Labute approximate surface area is 150 Å². The molecule has 0 aliphatic carbocycles. The van der Waals surface area contributed by atoms with Gasteiger partial charge in [0, 0.05) is 18.7 Å².